The van der Waals surface area contributed by atoms with Gasteiger partial charge in [-0.1, -0.05) is 11.6 Å². The minimum absolute atomic E-state index is 0.160. The Hall–Kier alpha value is -1.60. The molecule has 1 aliphatic carbocycles. The molecule has 0 saturated heterocycles. The molecular weight excluding hydrogens is 317 g/mol. The molecule has 0 radical (unpaired) electrons. The molecule has 8 heteroatoms. The Morgan fingerprint density at radius 3 is 2.71 bits per heavy atom. The van der Waals surface area contributed by atoms with E-state index in [1.165, 1.54) is 4.68 Å². The Morgan fingerprint density at radius 1 is 1.38 bits per heavy atom. The quantitative estimate of drug-likeness (QED) is 0.938. The number of benzene rings is 1. The van der Waals surface area contributed by atoms with Crippen molar-refractivity contribution in [2.75, 3.05) is 4.72 Å². The summed E-state index contributed by atoms with van der Waals surface area (Å²) in [5.74, 6) is 0.191. The fourth-order valence-corrected chi connectivity index (χ4v) is 3.66. The van der Waals surface area contributed by atoms with Gasteiger partial charge in [-0.25, -0.2) is 12.8 Å². The van der Waals surface area contributed by atoms with Crippen molar-refractivity contribution in [3.63, 3.8) is 0 Å². The summed E-state index contributed by atoms with van der Waals surface area (Å²) in [5, 5.41) is 4.12. The number of anilines is 1. The number of aromatic nitrogens is 2. The summed E-state index contributed by atoms with van der Waals surface area (Å²) in [6.45, 7) is 0. The van der Waals surface area contributed by atoms with Gasteiger partial charge in [-0.05, 0) is 31.0 Å². The molecule has 21 heavy (non-hydrogen) atoms. The number of hydrogen-bond donors (Lipinski definition) is 1. The molecular formula is C13H13ClFN3O2S. The van der Waals surface area contributed by atoms with Crippen LogP contribution in [0, 0.1) is 5.82 Å². The van der Waals surface area contributed by atoms with Gasteiger partial charge < -0.3 is 0 Å². The van der Waals surface area contributed by atoms with E-state index in [1.807, 2.05) is 0 Å². The van der Waals surface area contributed by atoms with Crippen LogP contribution >= 0.6 is 11.6 Å². The van der Waals surface area contributed by atoms with Gasteiger partial charge in [0.15, 0.2) is 0 Å². The summed E-state index contributed by atoms with van der Waals surface area (Å²) in [6.07, 6.45) is 2.15. The second kappa shape index (κ2) is 4.99. The highest BCUT2D eigenvalue weighted by Crippen LogP contribution is 2.40. The molecule has 5 nitrogen and oxygen atoms in total. The first-order chi connectivity index (χ1) is 9.87. The van der Waals surface area contributed by atoms with E-state index in [0.717, 1.165) is 36.7 Å². The van der Waals surface area contributed by atoms with Crippen LogP contribution in [0.4, 0.5) is 10.2 Å². The highest BCUT2D eigenvalue weighted by molar-refractivity contribution is 7.92. The molecule has 0 atom stereocenters. The first-order valence-corrected chi connectivity index (χ1v) is 8.25. The number of nitrogens with one attached hydrogen (secondary N) is 1. The molecule has 0 bridgehead atoms. The third kappa shape index (κ3) is 2.89. The maximum atomic E-state index is 13.0. The zero-order chi connectivity index (χ0) is 15.2. The van der Waals surface area contributed by atoms with E-state index in [-0.39, 0.29) is 9.92 Å². The standard InChI is InChI=1S/C13H13ClFN3O2S/c1-18-13(7-11(16-18)8-2-3-8)17-21(19,20)12-5-4-9(15)6-10(12)14/h4-8,17H,2-3H2,1H3. The molecule has 0 aliphatic heterocycles. The van der Waals surface area contributed by atoms with Crippen molar-refractivity contribution in [1.82, 2.24) is 9.78 Å². The zero-order valence-corrected chi connectivity index (χ0v) is 12.7. The second-order valence-electron chi connectivity index (χ2n) is 5.03. The molecule has 3 rings (SSSR count). The maximum Gasteiger partial charge on any atom is 0.264 e. The van der Waals surface area contributed by atoms with Gasteiger partial charge in [0.1, 0.15) is 16.5 Å². The van der Waals surface area contributed by atoms with Crippen LogP contribution in [0.15, 0.2) is 29.2 Å². The van der Waals surface area contributed by atoms with Crippen molar-refractivity contribution in [1.29, 1.82) is 0 Å². The summed E-state index contributed by atoms with van der Waals surface area (Å²) in [6, 6.07) is 4.87. The lowest BCUT2D eigenvalue weighted by Crippen LogP contribution is -2.15. The Balaban J connectivity index is 1.92. The van der Waals surface area contributed by atoms with Gasteiger partial charge in [0, 0.05) is 19.0 Å². The summed E-state index contributed by atoms with van der Waals surface area (Å²) in [7, 11) is -2.22. The molecule has 1 heterocycles. The smallest absolute Gasteiger partial charge is 0.264 e. The van der Waals surface area contributed by atoms with Crippen molar-refractivity contribution in [3.8, 4) is 0 Å². The van der Waals surface area contributed by atoms with Crippen molar-refractivity contribution >= 4 is 27.4 Å². The normalized spacial score (nSPS) is 15.2. The van der Waals surface area contributed by atoms with Gasteiger partial charge in [0.2, 0.25) is 0 Å². The van der Waals surface area contributed by atoms with E-state index in [1.54, 1.807) is 13.1 Å². The molecule has 0 spiro atoms. The van der Waals surface area contributed by atoms with Gasteiger partial charge in [-0.15, -0.1) is 0 Å². The number of sulfonamides is 1. The Labute approximate surface area is 126 Å². The number of nitrogens with zero attached hydrogens (tertiary/aromatic N) is 2. The summed E-state index contributed by atoms with van der Waals surface area (Å²) in [5.41, 5.74) is 0.875. The van der Waals surface area contributed by atoms with Crippen LogP contribution in [0.2, 0.25) is 5.02 Å². The molecule has 0 amide bonds. The van der Waals surface area contributed by atoms with Crippen molar-refractivity contribution in [2.45, 2.75) is 23.7 Å². The predicted molar refractivity (Wildman–Crippen MR) is 77.4 cm³/mol. The molecule has 1 aromatic carbocycles. The molecule has 1 N–H and O–H groups in total. The van der Waals surface area contributed by atoms with Crippen molar-refractivity contribution in [3.05, 3.63) is 40.8 Å². The largest absolute Gasteiger partial charge is 0.264 e. The summed E-state index contributed by atoms with van der Waals surface area (Å²) < 4.78 is 41.6. The molecule has 112 valence electrons. The lowest BCUT2D eigenvalue weighted by molar-refractivity contribution is 0.599. The lowest BCUT2D eigenvalue weighted by atomic mass is 10.3. The van der Waals surface area contributed by atoms with Crippen LogP contribution in [-0.4, -0.2) is 18.2 Å². The second-order valence-corrected chi connectivity index (χ2v) is 7.09. The van der Waals surface area contributed by atoms with Crippen molar-refractivity contribution < 1.29 is 12.8 Å². The summed E-state index contributed by atoms with van der Waals surface area (Å²) >= 11 is 5.80. The fourth-order valence-electron chi connectivity index (χ4n) is 2.05. The lowest BCUT2D eigenvalue weighted by Gasteiger charge is -2.09. The number of hydrogen-bond acceptors (Lipinski definition) is 3. The molecule has 1 aromatic heterocycles. The van der Waals surface area contributed by atoms with E-state index >= 15 is 0 Å². The molecule has 0 unspecified atom stereocenters. The SMILES string of the molecule is Cn1nc(C2CC2)cc1NS(=O)(=O)c1ccc(F)cc1Cl. The van der Waals surface area contributed by atoms with E-state index in [4.69, 9.17) is 11.6 Å². The Kier molecular flexibility index (Phi) is 3.41. The molecule has 1 aliphatic rings. The summed E-state index contributed by atoms with van der Waals surface area (Å²) in [4.78, 5) is -0.167. The zero-order valence-electron chi connectivity index (χ0n) is 11.2. The fraction of sp³-hybridized carbons (Fsp3) is 0.308. The Bertz CT molecular complexity index is 800. The van der Waals surface area contributed by atoms with E-state index in [2.05, 4.69) is 9.82 Å². The van der Waals surface area contributed by atoms with Crippen LogP contribution in [0.5, 0.6) is 0 Å². The van der Waals surface area contributed by atoms with E-state index < -0.39 is 15.8 Å². The van der Waals surface area contributed by atoms with Gasteiger partial charge >= 0.3 is 0 Å². The Morgan fingerprint density at radius 2 is 2.10 bits per heavy atom. The van der Waals surface area contributed by atoms with Crippen LogP contribution in [0.3, 0.4) is 0 Å². The van der Waals surface area contributed by atoms with E-state index in [9.17, 15) is 12.8 Å². The maximum absolute atomic E-state index is 13.0. The van der Waals surface area contributed by atoms with Gasteiger partial charge in [0.05, 0.1) is 10.7 Å². The van der Waals surface area contributed by atoms with Gasteiger partial charge in [-0.3, -0.25) is 9.40 Å². The number of halogens is 2. The topological polar surface area (TPSA) is 64.0 Å². The van der Waals surface area contributed by atoms with Crippen molar-refractivity contribution in [2.24, 2.45) is 7.05 Å². The molecule has 1 saturated carbocycles. The number of aryl methyl sites for hydroxylation is 1. The number of rotatable bonds is 4. The first kappa shape index (κ1) is 14.3. The minimum atomic E-state index is -3.88. The highest BCUT2D eigenvalue weighted by atomic mass is 35.5. The van der Waals surface area contributed by atoms with E-state index in [0.29, 0.717) is 11.7 Å². The average Bonchev–Trinajstić information content (AvgIpc) is 3.15. The predicted octanol–water partition coefficient (Wildman–Crippen LogP) is 2.89. The van der Waals surface area contributed by atoms with Crippen LogP contribution < -0.4 is 4.72 Å². The van der Waals surface area contributed by atoms with Gasteiger partial charge in [-0.2, -0.15) is 5.10 Å². The van der Waals surface area contributed by atoms with Crippen LogP contribution in [-0.2, 0) is 17.1 Å². The third-order valence-electron chi connectivity index (χ3n) is 3.32. The third-order valence-corrected chi connectivity index (χ3v) is 5.15. The molecule has 1 fully saturated rings. The molecule has 2 aromatic rings. The van der Waals surface area contributed by atoms with Crippen LogP contribution in [0.1, 0.15) is 24.5 Å². The minimum Gasteiger partial charge on any atom is -0.264 e. The van der Waals surface area contributed by atoms with Crippen LogP contribution in [0.25, 0.3) is 0 Å². The monoisotopic (exact) mass is 329 g/mol. The average molecular weight is 330 g/mol. The first-order valence-electron chi connectivity index (χ1n) is 6.38. The highest BCUT2D eigenvalue weighted by Gasteiger charge is 2.28. The van der Waals surface area contributed by atoms with Gasteiger partial charge in [0.25, 0.3) is 10.0 Å².